The van der Waals surface area contributed by atoms with Crippen LogP contribution in [0.2, 0.25) is 0 Å². The second-order valence-electron chi connectivity index (χ2n) is 10.4. The van der Waals surface area contributed by atoms with Crippen LogP contribution in [0.4, 0.5) is 0 Å². The van der Waals surface area contributed by atoms with E-state index in [0.29, 0.717) is 32.2 Å². The summed E-state index contributed by atoms with van der Waals surface area (Å²) in [5.74, 6) is -0.808. The van der Waals surface area contributed by atoms with E-state index in [1.54, 1.807) is 25.8 Å². The molecule has 3 N–H and O–H groups in total. The summed E-state index contributed by atoms with van der Waals surface area (Å²) in [6.07, 6.45) is 2.45. The zero-order valence-electron chi connectivity index (χ0n) is 22.2. The normalized spacial score (nSPS) is 18.9. The van der Waals surface area contributed by atoms with Crippen LogP contribution in [0.5, 0.6) is 0 Å². The Balaban J connectivity index is 2.38. The van der Waals surface area contributed by atoms with Gasteiger partial charge in [-0.25, -0.2) is 0 Å². The van der Waals surface area contributed by atoms with Crippen molar-refractivity contribution in [3.63, 3.8) is 0 Å². The van der Waals surface area contributed by atoms with E-state index in [9.17, 15) is 19.2 Å². The van der Waals surface area contributed by atoms with Crippen molar-refractivity contribution in [2.75, 3.05) is 19.3 Å². The molecule has 0 saturated carbocycles. The number of Topliss-reactive ketones (excluding diaryl/α,β-unsaturated/α-hetero) is 1. The van der Waals surface area contributed by atoms with Crippen molar-refractivity contribution in [3.8, 4) is 0 Å². The standard InChI is InChI=1S/C27H42N4O4S/c1-6-23(32)21-13-10-14-31(21)25(34)22(16-19-11-8-7-9-12-19)30(5)24(33)20(15-18(2)3)29-26(35)27(4,28)17-36/h7-9,11-12,18,20-22,36H,6,10,13-17,28H2,1-5H3,(H,29,35)/t20-,21+,22+,27+/m1/s1. The van der Waals surface area contributed by atoms with Gasteiger partial charge in [0.05, 0.1) is 6.04 Å². The molecule has 0 spiro atoms. The van der Waals surface area contributed by atoms with Crippen LogP contribution in [0.15, 0.2) is 30.3 Å². The topological polar surface area (TPSA) is 113 Å². The maximum absolute atomic E-state index is 13.9. The minimum absolute atomic E-state index is 0.0345. The summed E-state index contributed by atoms with van der Waals surface area (Å²) in [5, 5.41) is 2.80. The molecule has 1 saturated heterocycles. The summed E-state index contributed by atoms with van der Waals surface area (Å²) in [4.78, 5) is 56.0. The summed E-state index contributed by atoms with van der Waals surface area (Å²) in [7, 11) is 1.60. The highest BCUT2D eigenvalue weighted by molar-refractivity contribution is 7.80. The molecule has 0 aromatic heterocycles. The molecule has 0 radical (unpaired) electrons. The molecule has 1 aliphatic heterocycles. The van der Waals surface area contributed by atoms with Gasteiger partial charge >= 0.3 is 0 Å². The number of nitrogens with one attached hydrogen (secondary N) is 1. The number of carbonyl (C=O) groups excluding carboxylic acids is 4. The minimum atomic E-state index is -1.24. The molecular formula is C27H42N4O4S. The van der Waals surface area contributed by atoms with Gasteiger partial charge in [0.25, 0.3) is 0 Å². The van der Waals surface area contributed by atoms with Crippen molar-refractivity contribution in [1.29, 1.82) is 0 Å². The Bertz CT molecular complexity index is 922. The number of rotatable bonds is 12. The van der Waals surface area contributed by atoms with E-state index in [1.807, 2.05) is 44.2 Å². The highest BCUT2D eigenvalue weighted by Gasteiger charge is 2.40. The number of likely N-dealkylation sites (tertiary alicyclic amines) is 1. The Morgan fingerprint density at radius 1 is 1.22 bits per heavy atom. The highest BCUT2D eigenvalue weighted by Crippen LogP contribution is 2.23. The monoisotopic (exact) mass is 518 g/mol. The van der Waals surface area contributed by atoms with Crippen molar-refractivity contribution in [2.24, 2.45) is 11.7 Å². The van der Waals surface area contributed by atoms with Crippen LogP contribution in [0.1, 0.15) is 58.9 Å². The van der Waals surface area contributed by atoms with E-state index < -0.39 is 29.6 Å². The summed E-state index contributed by atoms with van der Waals surface area (Å²) < 4.78 is 0. The minimum Gasteiger partial charge on any atom is -0.343 e. The zero-order chi connectivity index (χ0) is 27.0. The van der Waals surface area contributed by atoms with E-state index in [0.717, 1.165) is 12.0 Å². The molecule has 9 heteroatoms. The molecule has 0 bridgehead atoms. The first kappa shape index (κ1) is 29.8. The van der Waals surface area contributed by atoms with Crippen LogP contribution in [-0.4, -0.2) is 76.3 Å². The lowest BCUT2D eigenvalue weighted by Crippen LogP contribution is -2.61. The molecule has 1 aromatic rings. The Morgan fingerprint density at radius 3 is 2.42 bits per heavy atom. The van der Waals surface area contributed by atoms with E-state index in [2.05, 4.69) is 17.9 Å². The van der Waals surface area contributed by atoms with Crippen molar-refractivity contribution >= 4 is 36.1 Å². The Hall–Kier alpha value is -2.39. The Labute approximate surface area is 220 Å². The fourth-order valence-electron chi connectivity index (χ4n) is 4.51. The van der Waals surface area contributed by atoms with Gasteiger partial charge in [0.15, 0.2) is 5.78 Å². The number of nitrogens with two attached hydrogens (primary N) is 1. The molecule has 36 heavy (non-hydrogen) atoms. The molecule has 1 aromatic carbocycles. The van der Waals surface area contributed by atoms with Gasteiger partial charge in [0.1, 0.15) is 17.6 Å². The summed E-state index contributed by atoms with van der Waals surface area (Å²) in [5.41, 5.74) is 5.73. The average Bonchev–Trinajstić information content (AvgIpc) is 3.35. The predicted octanol–water partition coefficient (Wildman–Crippen LogP) is 2.20. The highest BCUT2D eigenvalue weighted by atomic mass is 32.1. The van der Waals surface area contributed by atoms with Crippen molar-refractivity contribution in [2.45, 2.75) is 83.5 Å². The lowest BCUT2D eigenvalue weighted by Gasteiger charge is -2.36. The van der Waals surface area contributed by atoms with Gasteiger partial charge in [-0.3, -0.25) is 19.2 Å². The molecule has 1 fully saturated rings. The molecule has 3 amide bonds. The van der Waals surface area contributed by atoms with Crippen molar-refractivity contribution in [1.82, 2.24) is 15.1 Å². The fourth-order valence-corrected chi connectivity index (χ4v) is 4.65. The first-order chi connectivity index (χ1) is 16.9. The average molecular weight is 519 g/mol. The number of ketones is 1. The van der Waals surface area contributed by atoms with E-state index in [4.69, 9.17) is 5.73 Å². The number of benzene rings is 1. The molecule has 1 aliphatic rings. The number of amides is 3. The van der Waals surface area contributed by atoms with Gasteiger partial charge in [0.2, 0.25) is 17.7 Å². The Kier molecular flexibility index (Phi) is 11.0. The maximum atomic E-state index is 13.9. The van der Waals surface area contributed by atoms with Crippen LogP contribution < -0.4 is 11.1 Å². The number of likely N-dealkylation sites (N-methyl/N-ethyl adjacent to an activating group) is 1. The molecule has 0 unspecified atom stereocenters. The number of carbonyl (C=O) groups is 4. The van der Waals surface area contributed by atoms with E-state index in [1.165, 1.54) is 4.90 Å². The van der Waals surface area contributed by atoms with Gasteiger partial charge in [0, 0.05) is 32.2 Å². The van der Waals surface area contributed by atoms with Gasteiger partial charge in [-0.1, -0.05) is 51.1 Å². The predicted molar refractivity (Wildman–Crippen MR) is 145 cm³/mol. The van der Waals surface area contributed by atoms with Crippen molar-refractivity contribution < 1.29 is 19.2 Å². The van der Waals surface area contributed by atoms with E-state index in [-0.39, 0.29) is 29.3 Å². The first-order valence-corrected chi connectivity index (χ1v) is 13.4. The quantitative estimate of drug-likeness (QED) is 0.367. The second kappa shape index (κ2) is 13.2. The van der Waals surface area contributed by atoms with Gasteiger partial charge in [-0.2, -0.15) is 12.6 Å². The third kappa shape index (κ3) is 7.56. The smallest absolute Gasteiger partial charge is 0.246 e. The molecular weight excluding hydrogens is 476 g/mol. The molecule has 0 aliphatic carbocycles. The van der Waals surface area contributed by atoms with Crippen LogP contribution in [0, 0.1) is 5.92 Å². The van der Waals surface area contributed by atoms with Crippen LogP contribution in [-0.2, 0) is 25.6 Å². The van der Waals surface area contributed by atoms with Gasteiger partial charge in [-0.05, 0) is 37.7 Å². The van der Waals surface area contributed by atoms with Gasteiger partial charge < -0.3 is 20.9 Å². The first-order valence-electron chi connectivity index (χ1n) is 12.8. The lowest BCUT2D eigenvalue weighted by molar-refractivity contribution is -0.148. The lowest BCUT2D eigenvalue weighted by atomic mass is 9.97. The van der Waals surface area contributed by atoms with Crippen LogP contribution in [0.25, 0.3) is 0 Å². The van der Waals surface area contributed by atoms with Crippen LogP contribution in [0.3, 0.4) is 0 Å². The maximum Gasteiger partial charge on any atom is 0.246 e. The number of hydrogen-bond acceptors (Lipinski definition) is 6. The molecule has 200 valence electrons. The molecule has 1 heterocycles. The summed E-state index contributed by atoms with van der Waals surface area (Å²) in [6.45, 7) is 7.78. The molecule has 8 nitrogen and oxygen atoms in total. The third-order valence-corrected chi connectivity index (χ3v) is 7.44. The van der Waals surface area contributed by atoms with Crippen LogP contribution >= 0.6 is 12.6 Å². The zero-order valence-corrected chi connectivity index (χ0v) is 23.1. The second-order valence-corrected chi connectivity index (χ2v) is 10.7. The van der Waals surface area contributed by atoms with E-state index >= 15 is 0 Å². The number of hydrogen-bond donors (Lipinski definition) is 3. The number of nitrogens with zero attached hydrogens (tertiary/aromatic N) is 2. The summed E-state index contributed by atoms with van der Waals surface area (Å²) in [6, 6.07) is 7.38. The fraction of sp³-hybridized carbons (Fsp3) is 0.630. The number of thiol groups is 1. The largest absolute Gasteiger partial charge is 0.343 e. The van der Waals surface area contributed by atoms with Gasteiger partial charge in [-0.15, -0.1) is 0 Å². The third-order valence-electron chi connectivity index (χ3n) is 6.79. The van der Waals surface area contributed by atoms with Crippen molar-refractivity contribution in [3.05, 3.63) is 35.9 Å². The summed E-state index contributed by atoms with van der Waals surface area (Å²) >= 11 is 4.16. The Morgan fingerprint density at radius 2 is 1.86 bits per heavy atom. The SMILES string of the molecule is CCC(=O)[C@@H]1CCCN1C(=O)[C@H](Cc1ccccc1)N(C)C(=O)[C@@H](CC(C)C)NC(=O)[C@@](C)(N)CS. The molecule has 2 rings (SSSR count). The molecule has 4 atom stereocenters.